The summed E-state index contributed by atoms with van der Waals surface area (Å²) in [5, 5.41) is 11.8. The molecule has 27 heavy (non-hydrogen) atoms. The second-order valence-corrected chi connectivity index (χ2v) is 7.92. The molecule has 2 aliphatic rings. The van der Waals surface area contributed by atoms with Crippen LogP contribution in [0.15, 0.2) is 48.5 Å². The third-order valence-corrected chi connectivity index (χ3v) is 6.40. The molecule has 2 aromatic rings. The van der Waals surface area contributed by atoms with E-state index >= 15 is 0 Å². The molecule has 0 unspecified atom stereocenters. The molecule has 1 saturated heterocycles. The molecule has 2 aromatic carbocycles. The summed E-state index contributed by atoms with van der Waals surface area (Å²) in [6.07, 6.45) is 3.36. The summed E-state index contributed by atoms with van der Waals surface area (Å²) in [7, 11) is 3.38. The number of fused-ring (bicyclic) bond motifs is 2. The Morgan fingerprint density at radius 1 is 0.963 bits per heavy atom. The summed E-state index contributed by atoms with van der Waals surface area (Å²) >= 11 is 0. The zero-order chi connectivity index (χ0) is 18.9. The van der Waals surface area contributed by atoms with Crippen LogP contribution < -0.4 is 9.47 Å². The summed E-state index contributed by atoms with van der Waals surface area (Å²) in [6.45, 7) is 2.76. The lowest BCUT2D eigenvalue weighted by Crippen LogP contribution is -2.57. The Kier molecular flexibility index (Phi) is 5.11. The van der Waals surface area contributed by atoms with Crippen molar-refractivity contribution in [3.05, 3.63) is 59.7 Å². The smallest absolute Gasteiger partial charge is 0.119 e. The van der Waals surface area contributed by atoms with E-state index in [0.717, 1.165) is 49.5 Å². The molecule has 0 spiro atoms. The highest BCUT2D eigenvalue weighted by molar-refractivity contribution is 5.33. The first-order valence-electron chi connectivity index (χ1n) is 9.85. The van der Waals surface area contributed by atoms with Crippen LogP contribution in [0.25, 0.3) is 0 Å². The molecule has 0 amide bonds. The SMILES string of the molecule is COc1ccc(C2(O)[C@@H]3CCC[C@@H]2CN(Cc2cccc(OC)c2)C3)cc1. The summed E-state index contributed by atoms with van der Waals surface area (Å²) in [5.41, 5.74) is 1.58. The van der Waals surface area contributed by atoms with Gasteiger partial charge in [0.1, 0.15) is 11.5 Å². The first-order valence-corrected chi connectivity index (χ1v) is 9.85. The van der Waals surface area contributed by atoms with Gasteiger partial charge in [-0.25, -0.2) is 0 Å². The minimum Gasteiger partial charge on any atom is -0.497 e. The summed E-state index contributed by atoms with van der Waals surface area (Å²) in [4.78, 5) is 2.50. The average molecular weight is 367 g/mol. The Morgan fingerprint density at radius 3 is 2.26 bits per heavy atom. The minimum absolute atomic E-state index is 0.268. The lowest BCUT2D eigenvalue weighted by molar-refractivity contribution is -0.148. The highest BCUT2D eigenvalue weighted by Crippen LogP contribution is 2.49. The fraction of sp³-hybridized carbons (Fsp3) is 0.478. The quantitative estimate of drug-likeness (QED) is 0.872. The molecule has 1 saturated carbocycles. The van der Waals surface area contributed by atoms with Crippen molar-refractivity contribution >= 4 is 0 Å². The zero-order valence-corrected chi connectivity index (χ0v) is 16.2. The Balaban J connectivity index is 1.54. The van der Waals surface area contributed by atoms with Gasteiger partial charge in [-0.15, -0.1) is 0 Å². The molecule has 4 nitrogen and oxygen atoms in total. The van der Waals surface area contributed by atoms with Gasteiger partial charge >= 0.3 is 0 Å². The van der Waals surface area contributed by atoms with E-state index in [-0.39, 0.29) is 11.8 Å². The third kappa shape index (κ3) is 3.44. The van der Waals surface area contributed by atoms with Crippen LogP contribution >= 0.6 is 0 Å². The lowest BCUT2D eigenvalue weighted by Gasteiger charge is -2.53. The standard InChI is InChI=1S/C23H29NO3/c1-26-21-11-9-18(10-12-21)23(25)19-6-4-7-20(23)16-24(15-19)14-17-5-3-8-22(13-17)27-2/h3,5,8-13,19-20,25H,4,6-7,14-16H2,1-2H3/t19-,20-/m1/s1. The van der Waals surface area contributed by atoms with Gasteiger partial charge in [-0.3, -0.25) is 4.90 Å². The Bertz CT molecular complexity index is 759. The maximum absolute atomic E-state index is 11.8. The Labute approximate surface area is 161 Å². The highest BCUT2D eigenvalue weighted by atomic mass is 16.5. The first-order chi connectivity index (χ1) is 13.1. The molecular formula is C23H29NO3. The van der Waals surface area contributed by atoms with Crippen LogP contribution in [-0.4, -0.2) is 37.3 Å². The number of aliphatic hydroxyl groups is 1. The average Bonchev–Trinajstić information content (AvgIpc) is 2.69. The Hall–Kier alpha value is -2.04. The van der Waals surface area contributed by atoms with Gasteiger partial charge < -0.3 is 14.6 Å². The normalized spacial score (nSPS) is 28.0. The van der Waals surface area contributed by atoms with Gasteiger partial charge in [-0.05, 0) is 48.2 Å². The van der Waals surface area contributed by atoms with Crippen LogP contribution in [-0.2, 0) is 12.1 Å². The lowest BCUT2D eigenvalue weighted by atomic mass is 9.62. The van der Waals surface area contributed by atoms with Gasteiger partial charge in [0.25, 0.3) is 0 Å². The molecule has 2 atom stereocenters. The van der Waals surface area contributed by atoms with E-state index in [1.165, 1.54) is 12.0 Å². The molecule has 2 bridgehead atoms. The number of methoxy groups -OCH3 is 2. The highest BCUT2D eigenvalue weighted by Gasteiger charge is 2.51. The van der Waals surface area contributed by atoms with E-state index in [1.54, 1.807) is 14.2 Å². The number of piperidine rings is 1. The van der Waals surface area contributed by atoms with E-state index < -0.39 is 5.60 Å². The van der Waals surface area contributed by atoms with Crippen LogP contribution in [0.3, 0.4) is 0 Å². The number of likely N-dealkylation sites (tertiary alicyclic amines) is 1. The number of benzene rings is 2. The van der Waals surface area contributed by atoms with Gasteiger partial charge in [0.05, 0.1) is 19.8 Å². The van der Waals surface area contributed by atoms with Gasteiger partial charge in [0, 0.05) is 31.5 Å². The van der Waals surface area contributed by atoms with Crippen molar-refractivity contribution < 1.29 is 14.6 Å². The van der Waals surface area contributed by atoms with Crippen molar-refractivity contribution in [1.82, 2.24) is 4.90 Å². The minimum atomic E-state index is -0.727. The van der Waals surface area contributed by atoms with E-state index in [2.05, 4.69) is 17.0 Å². The van der Waals surface area contributed by atoms with Crippen LogP contribution in [0.4, 0.5) is 0 Å². The summed E-state index contributed by atoms with van der Waals surface area (Å²) in [6, 6.07) is 16.3. The molecule has 4 rings (SSSR count). The number of rotatable bonds is 5. The van der Waals surface area contributed by atoms with Gasteiger partial charge in [0.15, 0.2) is 0 Å². The second kappa shape index (κ2) is 7.53. The largest absolute Gasteiger partial charge is 0.497 e. The van der Waals surface area contributed by atoms with Crippen LogP contribution in [0.5, 0.6) is 11.5 Å². The third-order valence-electron chi connectivity index (χ3n) is 6.40. The van der Waals surface area contributed by atoms with Gasteiger partial charge in [0.2, 0.25) is 0 Å². The molecular weight excluding hydrogens is 338 g/mol. The molecule has 1 N–H and O–H groups in total. The van der Waals surface area contributed by atoms with Crippen molar-refractivity contribution in [3.8, 4) is 11.5 Å². The van der Waals surface area contributed by atoms with Crippen molar-refractivity contribution in [1.29, 1.82) is 0 Å². The molecule has 1 aliphatic heterocycles. The Morgan fingerprint density at radius 2 is 1.63 bits per heavy atom. The number of hydrogen-bond acceptors (Lipinski definition) is 4. The van der Waals surface area contributed by atoms with Crippen molar-refractivity contribution in [2.45, 2.75) is 31.4 Å². The molecule has 1 aliphatic carbocycles. The molecule has 0 aromatic heterocycles. The molecule has 2 fully saturated rings. The van der Waals surface area contributed by atoms with E-state index in [9.17, 15) is 5.11 Å². The molecule has 1 heterocycles. The van der Waals surface area contributed by atoms with Crippen LogP contribution in [0.2, 0.25) is 0 Å². The second-order valence-electron chi connectivity index (χ2n) is 7.92. The molecule has 4 heteroatoms. The maximum Gasteiger partial charge on any atom is 0.119 e. The van der Waals surface area contributed by atoms with Gasteiger partial charge in [-0.2, -0.15) is 0 Å². The summed E-state index contributed by atoms with van der Waals surface area (Å²) in [5.74, 6) is 2.27. The first kappa shape index (κ1) is 18.3. The maximum atomic E-state index is 11.8. The predicted octanol–water partition coefficient (Wildman–Crippen LogP) is 3.82. The van der Waals surface area contributed by atoms with Crippen molar-refractivity contribution in [3.63, 3.8) is 0 Å². The topological polar surface area (TPSA) is 41.9 Å². The van der Waals surface area contributed by atoms with Gasteiger partial charge in [-0.1, -0.05) is 30.7 Å². The van der Waals surface area contributed by atoms with E-state index in [4.69, 9.17) is 9.47 Å². The van der Waals surface area contributed by atoms with Crippen LogP contribution in [0, 0.1) is 11.8 Å². The zero-order valence-electron chi connectivity index (χ0n) is 16.2. The van der Waals surface area contributed by atoms with Crippen LogP contribution in [0.1, 0.15) is 30.4 Å². The monoisotopic (exact) mass is 367 g/mol. The van der Waals surface area contributed by atoms with Crippen molar-refractivity contribution in [2.75, 3.05) is 27.3 Å². The fourth-order valence-electron chi connectivity index (χ4n) is 5.03. The molecule has 144 valence electrons. The van der Waals surface area contributed by atoms with E-state index in [0.29, 0.717) is 0 Å². The summed E-state index contributed by atoms with van der Waals surface area (Å²) < 4.78 is 10.6. The number of ether oxygens (including phenoxy) is 2. The fourth-order valence-corrected chi connectivity index (χ4v) is 5.03. The molecule has 0 radical (unpaired) electrons. The number of nitrogens with zero attached hydrogens (tertiary/aromatic N) is 1. The predicted molar refractivity (Wildman–Crippen MR) is 106 cm³/mol. The number of hydrogen-bond donors (Lipinski definition) is 1. The van der Waals surface area contributed by atoms with Crippen molar-refractivity contribution in [2.24, 2.45) is 11.8 Å². The van der Waals surface area contributed by atoms with E-state index in [1.807, 2.05) is 36.4 Å².